The number of fused-ring (bicyclic) bond motifs is 10. The third-order valence-corrected chi connectivity index (χ3v) is 24.8. The zero-order chi connectivity index (χ0) is 59.5. The predicted molar refractivity (Wildman–Crippen MR) is 287 cm³/mol. The highest BCUT2D eigenvalue weighted by atomic mass is 19.4. The molecule has 0 heterocycles. The lowest BCUT2D eigenvalue weighted by molar-refractivity contribution is -0.290. The minimum absolute atomic E-state index is 0.00661. The fourth-order valence-electron chi connectivity index (χ4n) is 19.8. The van der Waals surface area contributed by atoms with Crippen LogP contribution < -0.4 is 0 Å². The van der Waals surface area contributed by atoms with Crippen LogP contribution in [0.15, 0.2) is 0 Å². The molecule has 0 amide bonds. The summed E-state index contributed by atoms with van der Waals surface area (Å²) in [7, 11) is 0. The molecule has 462 valence electrons. The van der Waals surface area contributed by atoms with Crippen molar-refractivity contribution in [3.63, 3.8) is 0 Å². The quantitative estimate of drug-likeness (QED) is 0.0713. The van der Waals surface area contributed by atoms with Gasteiger partial charge in [0.2, 0.25) is 0 Å². The Labute approximate surface area is 476 Å². The van der Waals surface area contributed by atoms with Crippen LogP contribution in [0.3, 0.4) is 0 Å². The molecule has 8 aliphatic rings. The van der Waals surface area contributed by atoms with Crippen LogP contribution in [0.25, 0.3) is 0 Å². The summed E-state index contributed by atoms with van der Waals surface area (Å²) in [6.07, 6.45) is -0.318. The van der Waals surface area contributed by atoms with Crippen molar-refractivity contribution in [1.82, 2.24) is 0 Å². The molecule has 0 aliphatic heterocycles. The first-order valence-electron chi connectivity index (χ1n) is 31.2. The first-order valence-corrected chi connectivity index (χ1v) is 31.2. The monoisotopic (exact) mass is 1160 g/mol. The largest absolute Gasteiger partial charge is 0.462 e. The SMILES string of the molecule is CC(=O)OCC(COC(=O)CCCC(=O)O[C@H](C)[C@@H](C)[C@H]1CC[C@H]2[C@@H]3CC[C@@H]4C[C@@](O)(C(F)(F)F)CC[C@]4(C)[C@H]3CC[C@]12C)OC(=O)CCCC(=O)O[C@H](C)[C@@H](C)[C@H]1CC[C@H]2[C@@H]3CC[C@@H]4C[C@@](O)(C(F)(F)F)CC[C@]4(C)[C@H]3CC[C@]12C. The summed E-state index contributed by atoms with van der Waals surface area (Å²) < 4.78 is 111. The number of carbonyl (C=O) groups excluding carboxylic acids is 5. The maximum absolute atomic E-state index is 13.9. The lowest BCUT2D eigenvalue weighted by Gasteiger charge is -2.62. The number of aliphatic hydroxyl groups is 2. The molecule has 0 spiro atoms. The summed E-state index contributed by atoms with van der Waals surface area (Å²) in [5.74, 6) is -0.0883. The number of halogens is 6. The summed E-state index contributed by atoms with van der Waals surface area (Å²) in [4.78, 5) is 63.8. The van der Waals surface area contributed by atoms with Gasteiger partial charge in [0, 0.05) is 32.6 Å². The van der Waals surface area contributed by atoms with E-state index < -0.39 is 72.2 Å². The topological polar surface area (TPSA) is 172 Å². The Morgan fingerprint density at radius 3 is 1.23 bits per heavy atom. The summed E-state index contributed by atoms with van der Waals surface area (Å²) >= 11 is 0. The smallest absolute Gasteiger partial charge is 0.417 e. The Balaban J connectivity index is 0.722. The summed E-state index contributed by atoms with van der Waals surface area (Å²) in [5, 5.41) is 21.3. The van der Waals surface area contributed by atoms with Crippen LogP contribution in [-0.4, -0.2) is 95.1 Å². The number of hydrogen-bond acceptors (Lipinski definition) is 12. The van der Waals surface area contributed by atoms with Gasteiger partial charge in [0.25, 0.3) is 0 Å². The molecule has 21 atom stereocenters. The summed E-state index contributed by atoms with van der Waals surface area (Å²) in [5.41, 5.74) is -5.64. The van der Waals surface area contributed by atoms with Crippen LogP contribution in [0.2, 0.25) is 0 Å². The van der Waals surface area contributed by atoms with Gasteiger partial charge in [0.05, 0.1) is 0 Å². The molecule has 0 aromatic heterocycles. The van der Waals surface area contributed by atoms with Crippen molar-refractivity contribution in [2.75, 3.05) is 13.2 Å². The number of carbonyl (C=O) groups is 5. The van der Waals surface area contributed by atoms with E-state index in [-0.39, 0.29) is 122 Å². The van der Waals surface area contributed by atoms with Crippen molar-refractivity contribution in [3.05, 3.63) is 0 Å². The van der Waals surface area contributed by atoms with Gasteiger partial charge in [-0.25, -0.2) is 0 Å². The Morgan fingerprint density at radius 2 is 0.840 bits per heavy atom. The molecular formula is C63H96F6O12. The number of hydrogen-bond donors (Lipinski definition) is 2. The lowest BCUT2D eigenvalue weighted by atomic mass is 9.43. The van der Waals surface area contributed by atoms with Gasteiger partial charge in [-0.3, -0.25) is 24.0 Å². The van der Waals surface area contributed by atoms with Crippen LogP contribution in [-0.2, 0) is 47.7 Å². The molecule has 0 bridgehead atoms. The second kappa shape index (κ2) is 24.0. The molecular weight excluding hydrogens is 1060 g/mol. The fraction of sp³-hybridized carbons (Fsp3) is 0.921. The lowest BCUT2D eigenvalue weighted by Crippen LogP contribution is -2.59. The molecule has 12 nitrogen and oxygen atoms in total. The Hall–Kier alpha value is -3.15. The molecule has 18 heteroatoms. The fourth-order valence-corrected chi connectivity index (χ4v) is 19.8. The first kappa shape index (κ1) is 63.9. The van der Waals surface area contributed by atoms with E-state index in [1.54, 1.807) is 0 Å². The third-order valence-electron chi connectivity index (χ3n) is 24.8. The molecule has 8 fully saturated rings. The molecule has 0 radical (unpaired) electrons. The Kier molecular flexibility index (Phi) is 18.9. The van der Waals surface area contributed by atoms with E-state index in [4.69, 9.17) is 23.7 Å². The number of ether oxygens (including phenoxy) is 5. The minimum Gasteiger partial charge on any atom is -0.462 e. The van der Waals surface area contributed by atoms with Gasteiger partial charge in [-0.15, -0.1) is 0 Å². The second-order valence-electron chi connectivity index (χ2n) is 28.7. The van der Waals surface area contributed by atoms with Crippen LogP contribution in [0.5, 0.6) is 0 Å². The van der Waals surface area contributed by atoms with Crippen LogP contribution in [0.1, 0.15) is 216 Å². The second-order valence-corrected chi connectivity index (χ2v) is 28.7. The Bertz CT molecular complexity index is 2280. The minimum atomic E-state index is -4.63. The number of alkyl halides is 6. The van der Waals surface area contributed by atoms with Crippen molar-refractivity contribution < 1.29 is 84.2 Å². The average molecular weight is 1160 g/mol. The van der Waals surface area contributed by atoms with Crippen molar-refractivity contribution in [2.24, 2.45) is 92.7 Å². The van der Waals surface area contributed by atoms with Gasteiger partial charge in [0.1, 0.15) is 25.4 Å². The van der Waals surface area contributed by atoms with Crippen molar-refractivity contribution in [3.8, 4) is 0 Å². The molecule has 1 unspecified atom stereocenters. The first-order chi connectivity index (χ1) is 37.7. The zero-order valence-corrected chi connectivity index (χ0v) is 49.8. The Morgan fingerprint density at radius 1 is 0.469 bits per heavy atom. The molecule has 81 heavy (non-hydrogen) atoms. The van der Waals surface area contributed by atoms with Crippen LogP contribution >= 0.6 is 0 Å². The van der Waals surface area contributed by atoms with E-state index in [0.717, 1.165) is 64.2 Å². The van der Waals surface area contributed by atoms with E-state index in [1.807, 2.05) is 13.8 Å². The third kappa shape index (κ3) is 12.6. The maximum atomic E-state index is 13.9. The van der Waals surface area contributed by atoms with E-state index in [2.05, 4.69) is 41.5 Å². The van der Waals surface area contributed by atoms with Crippen molar-refractivity contribution in [1.29, 1.82) is 0 Å². The highest BCUT2D eigenvalue weighted by Crippen LogP contribution is 2.71. The van der Waals surface area contributed by atoms with E-state index in [9.17, 15) is 60.5 Å². The van der Waals surface area contributed by atoms with Crippen LogP contribution in [0, 0.1) is 92.7 Å². The normalized spacial score (nSPS) is 41.0. The van der Waals surface area contributed by atoms with E-state index in [0.29, 0.717) is 73.0 Å². The highest BCUT2D eigenvalue weighted by Gasteiger charge is 2.67. The predicted octanol–water partition coefficient (Wildman–Crippen LogP) is 13.4. The van der Waals surface area contributed by atoms with Gasteiger partial charge in [-0.05, 0) is 235 Å². The molecule has 0 saturated heterocycles. The standard InChI is InChI=1S/C63H96F6O12/c1-36(46-20-22-48-44-18-16-41-32-60(75,62(64,65)66)30-28-56(41,6)50(44)24-26-58(46,48)8)38(3)79-53(72)13-10-12-52(71)78-35-43(34-77-40(5)70)81-55(74)15-11-14-54(73)80-39(4)37(2)47-21-23-49-45-19-17-42-33-61(76,63(67,68)69)31-29-57(42,7)51(45)25-27-59(47,49)9/h36-39,41-51,75-76H,10-35H2,1-9H3/t36-,37-,38-,39-,41-,42-,43?,44+,45+,46-,47-,48+,49+,50+,51+,56+,57+,58-,59-,60-,61-/m1/s1. The van der Waals surface area contributed by atoms with Gasteiger partial charge in [-0.2, -0.15) is 26.3 Å². The zero-order valence-electron chi connectivity index (χ0n) is 49.8. The molecule has 2 N–H and O–H groups in total. The number of esters is 5. The highest BCUT2D eigenvalue weighted by molar-refractivity contribution is 5.74. The van der Waals surface area contributed by atoms with E-state index in [1.165, 1.54) is 6.92 Å². The maximum Gasteiger partial charge on any atom is 0.417 e. The van der Waals surface area contributed by atoms with Crippen molar-refractivity contribution >= 4 is 29.8 Å². The van der Waals surface area contributed by atoms with Crippen LogP contribution in [0.4, 0.5) is 26.3 Å². The van der Waals surface area contributed by atoms with E-state index >= 15 is 0 Å². The molecule has 8 rings (SSSR count). The molecule has 8 saturated carbocycles. The number of rotatable bonds is 19. The van der Waals surface area contributed by atoms with Gasteiger partial charge in [0.15, 0.2) is 17.3 Å². The van der Waals surface area contributed by atoms with Gasteiger partial charge in [-0.1, -0.05) is 41.5 Å². The molecule has 0 aromatic rings. The van der Waals surface area contributed by atoms with Crippen molar-refractivity contribution in [2.45, 2.75) is 258 Å². The molecule has 8 aliphatic carbocycles. The molecule has 0 aromatic carbocycles. The van der Waals surface area contributed by atoms with Gasteiger partial charge >= 0.3 is 42.2 Å². The summed E-state index contributed by atoms with van der Waals surface area (Å²) in [6.45, 7) is 17.6. The van der Waals surface area contributed by atoms with Gasteiger partial charge < -0.3 is 33.9 Å². The average Bonchev–Trinajstić information content (AvgIpc) is 4.12. The summed E-state index contributed by atoms with van der Waals surface area (Å²) in [6, 6.07) is 0.